The highest BCUT2D eigenvalue weighted by atomic mass is 35.5. The maximum atomic E-state index is 13.6. The highest BCUT2D eigenvalue weighted by molar-refractivity contribution is 7.89. The molecule has 0 saturated heterocycles. The SMILES string of the molecule is COc1cccc(C2(O)CCC(Cc3ccccc3)(NS(=O)(=O)c3ccccc3)CC2(Cl)CN(C)C)c1.Cl. The van der Waals surface area contributed by atoms with Gasteiger partial charge in [-0.05, 0) is 75.2 Å². The Hall–Kier alpha value is -2.13. The van der Waals surface area contributed by atoms with Crippen LogP contribution in [0.2, 0.25) is 0 Å². The van der Waals surface area contributed by atoms with E-state index >= 15 is 0 Å². The van der Waals surface area contributed by atoms with Crippen molar-refractivity contribution in [2.45, 2.75) is 46.6 Å². The lowest BCUT2D eigenvalue weighted by Gasteiger charge is -2.55. The summed E-state index contributed by atoms with van der Waals surface area (Å²) in [5.41, 5.74) is -0.679. The molecule has 0 radical (unpaired) electrons. The first-order valence-electron chi connectivity index (χ1n) is 12.3. The molecule has 0 aliphatic heterocycles. The van der Waals surface area contributed by atoms with Crippen molar-refractivity contribution < 1.29 is 18.3 Å². The summed E-state index contributed by atoms with van der Waals surface area (Å²) >= 11 is 7.47. The van der Waals surface area contributed by atoms with Crippen LogP contribution in [-0.2, 0) is 22.0 Å². The first kappa shape index (κ1) is 30.4. The lowest BCUT2D eigenvalue weighted by molar-refractivity contribution is -0.0671. The number of alkyl halides is 1. The summed E-state index contributed by atoms with van der Waals surface area (Å²) in [5.74, 6) is 0.626. The smallest absolute Gasteiger partial charge is 0.241 e. The molecule has 1 fully saturated rings. The first-order chi connectivity index (χ1) is 17.5. The maximum Gasteiger partial charge on any atom is 0.241 e. The molecule has 1 aliphatic rings. The Morgan fingerprint density at radius 1 is 0.974 bits per heavy atom. The normalized spacial score (nSPS) is 25.5. The van der Waals surface area contributed by atoms with E-state index in [4.69, 9.17) is 16.3 Å². The molecule has 1 saturated carbocycles. The Labute approximate surface area is 237 Å². The molecule has 38 heavy (non-hydrogen) atoms. The summed E-state index contributed by atoms with van der Waals surface area (Å²) in [6.45, 7) is 0.339. The van der Waals surface area contributed by atoms with Crippen LogP contribution >= 0.6 is 24.0 Å². The van der Waals surface area contributed by atoms with Gasteiger partial charge in [-0.3, -0.25) is 0 Å². The molecule has 4 rings (SSSR count). The van der Waals surface area contributed by atoms with Gasteiger partial charge in [0, 0.05) is 12.1 Å². The molecule has 0 aromatic heterocycles. The third-order valence-electron chi connectivity index (χ3n) is 7.23. The van der Waals surface area contributed by atoms with Crippen LogP contribution in [0.1, 0.15) is 30.4 Å². The van der Waals surface area contributed by atoms with E-state index < -0.39 is 26.0 Å². The molecular weight excluding hydrogens is 543 g/mol. The summed E-state index contributed by atoms with van der Waals surface area (Å²) in [4.78, 5) is 0.932. The van der Waals surface area contributed by atoms with E-state index in [0.717, 1.165) is 5.56 Å². The molecule has 0 bridgehead atoms. The van der Waals surface area contributed by atoms with E-state index in [0.29, 0.717) is 30.7 Å². The minimum atomic E-state index is -3.85. The van der Waals surface area contributed by atoms with E-state index in [1.54, 1.807) is 37.4 Å². The summed E-state index contributed by atoms with van der Waals surface area (Å²) in [6, 6.07) is 25.5. The number of benzene rings is 3. The Morgan fingerprint density at radius 2 is 1.61 bits per heavy atom. The van der Waals surface area contributed by atoms with Crippen LogP contribution in [0.25, 0.3) is 0 Å². The monoisotopic (exact) mass is 578 g/mol. The first-order valence-corrected chi connectivity index (χ1v) is 14.2. The van der Waals surface area contributed by atoms with E-state index in [-0.39, 0.29) is 30.1 Å². The van der Waals surface area contributed by atoms with Gasteiger partial charge < -0.3 is 14.7 Å². The molecule has 2 N–H and O–H groups in total. The lowest BCUT2D eigenvalue weighted by atomic mass is 9.63. The predicted octanol–water partition coefficient (Wildman–Crippen LogP) is 4.99. The molecule has 0 amide bonds. The third-order valence-corrected chi connectivity index (χ3v) is 9.39. The lowest BCUT2D eigenvalue weighted by Crippen LogP contribution is -2.65. The van der Waals surface area contributed by atoms with Crippen molar-refractivity contribution in [3.8, 4) is 5.75 Å². The molecule has 3 aromatic rings. The number of rotatable bonds is 9. The quantitative estimate of drug-likeness (QED) is 0.350. The molecule has 6 nitrogen and oxygen atoms in total. The van der Waals surface area contributed by atoms with E-state index in [9.17, 15) is 13.5 Å². The van der Waals surface area contributed by atoms with E-state index in [1.165, 1.54) is 0 Å². The number of nitrogens with zero attached hydrogens (tertiary/aromatic N) is 1. The summed E-state index contributed by atoms with van der Waals surface area (Å²) in [5, 5.41) is 12.3. The largest absolute Gasteiger partial charge is 0.497 e. The Kier molecular flexibility index (Phi) is 9.56. The van der Waals surface area contributed by atoms with Crippen molar-refractivity contribution in [2.75, 3.05) is 27.7 Å². The van der Waals surface area contributed by atoms with Gasteiger partial charge in [-0.25, -0.2) is 13.1 Å². The molecule has 1 aliphatic carbocycles. The minimum absolute atomic E-state index is 0. The van der Waals surface area contributed by atoms with Gasteiger partial charge in [0.05, 0.1) is 16.9 Å². The molecule has 3 unspecified atom stereocenters. The van der Waals surface area contributed by atoms with Gasteiger partial charge in [0.2, 0.25) is 10.0 Å². The Balaban J connectivity index is 0.00000400. The zero-order valence-electron chi connectivity index (χ0n) is 21.9. The topological polar surface area (TPSA) is 78.9 Å². The number of methoxy groups -OCH3 is 1. The minimum Gasteiger partial charge on any atom is -0.497 e. The predicted molar refractivity (Wildman–Crippen MR) is 155 cm³/mol. The van der Waals surface area contributed by atoms with Gasteiger partial charge >= 0.3 is 0 Å². The molecule has 206 valence electrons. The van der Waals surface area contributed by atoms with Crippen molar-refractivity contribution in [3.63, 3.8) is 0 Å². The molecule has 3 aromatic carbocycles. The number of hydrogen-bond donors (Lipinski definition) is 2. The van der Waals surface area contributed by atoms with Gasteiger partial charge in [0.25, 0.3) is 0 Å². The number of hydrogen-bond acceptors (Lipinski definition) is 5. The summed E-state index contributed by atoms with van der Waals surface area (Å²) in [6.07, 6.45) is 1.32. The van der Waals surface area contributed by atoms with Gasteiger partial charge in [-0.15, -0.1) is 24.0 Å². The fourth-order valence-corrected chi connectivity index (χ4v) is 7.74. The number of sulfonamides is 1. The zero-order chi connectivity index (χ0) is 26.7. The molecule has 9 heteroatoms. The van der Waals surface area contributed by atoms with Crippen LogP contribution < -0.4 is 9.46 Å². The average molecular weight is 580 g/mol. The second-order valence-electron chi connectivity index (χ2n) is 10.3. The van der Waals surface area contributed by atoms with Crippen LogP contribution in [-0.4, -0.2) is 56.6 Å². The number of aliphatic hydroxyl groups is 1. The second kappa shape index (κ2) is 11.9. The van der Waals surface area contributed by atoms with Gasteiger partial charge in [0.15, 0.2) is 0 Å². The van der Waals surface area contributed by atoms with E-state index in [2.05, 4.69) is 4.72 Å². The van der Waals surface area contributed by atoms with Crippen LogP contribution in [0.5, 0.6) is 5.75 Å². The van der Waals surface area contributed by atoms with Crippen LogP contribution in [0.3, 0.4) is 0 Å². The highest BCUT2D eigenvalue weighted by Crippen LogP contribution is 2.53. The van der Waals surface area contributed by atoms with Crippen molar-refractivity contribution in [1.29, 1.82) is 0 Å². The third kappa shape index (κ3) is 6.36. The molecular formula is C29H36Cl2N2O4S. The van der Waals surface area contributed by atoms with Gasteiger partial charge in [-0.1, -0.05) is 60.7 Å². The summed E-state index contributed by atoms with van der Waals surface area (Å²) < 4.78 is 35.7. The van der Waals surface area contributed by atoms with Gasteiger partial charge in [0.1, 0.15) is 11.4 Å². The zero-order valence-corrected chi connectivity index (χ0v) is 24.3. The van der Waals surface area contributed by atoms with Crippen molar-refractivity contribution >= 4 is 34.0 Å². The van der Waals surface area contributed by atoms with Crippen LogP contribution in [0, 0.1) is 0 Å². The summed E-state index contributed by atoms with van der Waals surface area (Å²) in [7, 11) is 1.53. The molecule has 0 heterocycles. The molecule has 0 spiro atoms. The second-order valence-corrected chi connectivity index (χ2v) is 12.7. The molecule has 3 atom stereocenters. The van der Waals surface area contributed by atoms with Crippen molar-refractivity contribution in [1.82, 2.24) is 9.62 Å². The number of ether oxygens (including phenoxy) is 1. The average Bonchev–Trinajstić information content (AvgIpc) is 2.87. The van der Waals surface area contributed by atoms with E-state index in [1.807, 2.05) is 73.6 Å². The fraction of sp³-hybridized carbons (Fsp3) is 0.379. The highest BCUT2D eigenvalue weighted by Gasteiger charge is 2.59. The van der Waals surface area contributed by atoms with Gasteiger partial charge in [-0.2, -0.15) is 0 Å². The standard InChI is InChI=1S/C29H35ClN2O4S.ClH/c1-32(2)22-28(30)21-27(20-23-11-6-4-7-12-23,31-37(34,35)26-15-8-5-9-16-26)17-18-29(28,33)24-13-10-14-25(19-24)36-3;/h4-16,19,31,33H,17-18,20-22H2,1-3H3;1H. The van der Waals surface area contributed by atoms with Crippen molar-refractivity contribution in [2.24, 2.45) is 0 Å². The number of halogens is 2. The Morgan fingerprint density at radius 3 is 2.21 bits per heavy atom. The Bertz CT molecular complexity index is 1310. The maximum absolute atomic E-state index is 13.6. The fourth-order valence-electron chi connectivity index (χ4n) is 5.59. The van der Waals surface area contributed by atoms with Crippen molar-refractivity contribution in [3.05, 3.63) is 96.1 Å². The van der Waals surface area contributed by atoms with Crippen LogP contribution in [0.4, 0.5) is 0 Å². The number of nitrogens with one attached hydrogen (secondary N) is 1. The van der Waals surface area contributed by atoms with Crippen LogP contribution in [0.15, 0.2) is 89.8 Å².